The Labute approximate surface area is 127 Å². The zero-order valence-corrected chi connectivity index (χ0v) is 12.2. The van der Waals surface area contributed by atoms with Gasteiger partial charge in [0.1, 0.15) is 12.0 Å². The zero-order valence-electron chi connectivity index (χ0n) is 11.4. The van der Waals surface area contributed by atoms with E-state index >= 15 is 0 Å². The van der Waals surface area contributed by atoms with Crippen LogP contribution in [0.2, 0.25) is 5.02 Å². The van der Waals surface area contributed by atoms with E-state index in [4.69, 9.17) is 16.3 Å². The third-order valence-electron chi connectivity index (χ3n) is 2.79. The van der Waals surface area contributed by atoms with Crippen LogP contribution in [0.1, 0.15) is 27.6 Å². The highest BCUT2D eigenvalue weighted by Gasteiger charge is 2.11. The van der Waals surface area contributed by atoms with Crippen molar-refractivity contribution in [2.75, 3.05) is 11.9 Å². The fraction of sp³-hybridized carbons (Fsp3) is 0.125. The maximum atomic E-state index is 12.2. The Bertz CT molecular complexity index is 653. The number of carbonyl (C=O) groups excluding carboxylic acids is 2. The van der Waals surface area contributed by atoms with Crippen molar-refractivity contribution in [2.45, 2.75) is 6.92 Å². The molecule has 1 amide bonds. The van der Waals surface area contributed by atoms with Gasteiger partial charge in [0.2, 0.25) is 0 Å². The first kappa shape index (κ1) is 15.1. The van der Waals surface area contributed by atoms with E-state index in [2.05, 4.69) is 5.32 Å². The largest absolute Gasteiger partial charge is 0.492 e. The summed E-state index contributed by atoms with van der Waals surface area (Å²) in [6.45, 7) is 2.31. The van der Waals surface area contributed by atoms with Crippen LogP contribution in [0.25, 0.3) is 0 Å². The minimum atomic E-state index is -0.296. The number of halogens is 1. The van der Waals surface area contributed by atoms with E-state index in [1.165, 1.54) is 0 Å². The second-order valence-electron chi connectivity index (χ2n) is 4.27. The number of rotatable bonds is 5. The number of carbonyl (C=O) groups is 2. The molecule has 2 aromatic carbocycles. The Balaban J connectivity index is 2.26. The molecule has 0 aliphatic carbocycles. The van der Waals surface area contributed by atoms with Gasteiger partial charge in [0.15, 0.2) is 0 Å². The second kappa shape index (κ2) is 6.90. The molecule has 2 rings (SSSR count). The molecule has 0 aliphatic heterocycles. The molecule has 0 fully saturated rings. The molecule has 0 unspecified atom stereocenters. The van der Waals surface area contributed by atoms with Crippen molar-refractivity contribution in [1.82, 2.24) is 0 Å². The maximum absolute atomic E-state index is 12.2. The van der Waals surface area contributed by atoms with Gasteiger partial charge >= 0.3 is 0 Å². The minimum Gasteiger partial charge on any atom is -0.492 e. The van der Waals surface area contributed by atoms with E-state index in [9.17, 15) is 9.59 Å². The molecule has 5 heteroatoms. The molecule has 4 nitrogen and oxygen atoms in total. The van der Waals surface area contributed by atoms with E-state index in [-0.39, 0.29) is 5.91 Å². The van der Waals surface area contributed by atoms with E-state index < -0.39 is 0 Å². The topological polar surface area (TPSA) is 55.4 Å². The average molecular weight is 304 g/mol. The molecule has 21 heavy (non-hydrogen) atoms. The molecule has 108 valence electrons. The first-order valence-corrected chi connectivity index (χ1v) is 6.80. The monoisotopic (exact) mass is 303 g/mol. The van der Waals surface area contributed by atoms with Crippen LogP contribution >= 0.6 is 11.6 Å². The Morgan fingerprint density at radius 2 is 1.95 bits per heavy atom. The lowest BCUT2D eigenvalue weighted by Crippen LogP contribution is -2.13. The van der Waals surface area contributed by atoms with Gasteiger partial charge in [-0.2, -0.15) is 0 Å². The molecule has 0 spiro atoms. The number of amides is 1. The molecule has 0 heterocycles. The maximum Gasteiger partial charge on any atom is 0.255 e. The number of aldehydes is 1. The van der Waals surface area contributed by atoms with E-state index in [0.29, 0.717) is 40.5 Å². The number of nitrogens with one attached hydrogen (secondary N) is 1. The smallest absolute Gasteiger partial charge is 0.255 e. The van der Waals surface area contributed by atoms with Gasteiger partial charge in [-0.1, -0.05) is 11.6 Å². The van der Waals surface area contributed by atoms with Gasteiger partial charge in [0.05, 0.1) is 12.3 Å². The summed E-state index contributed by atoms with van der Waals surface area (Å²) in [5.74, 6) is 0.223. The summed E-state index contributed by atoms with van der Waals surface area (Å²) < 4.78 is 5.44. The van der Waals surface area contributed by atoms with Gasteiger partial charge in [-0.3, -0.25) is 9.59 Å². The summed E-state index contributed by atoms with van der Waals surface area (Å²) in [4.78, 5) is 23.0. The van der Waals surface area contributed by atoms with Gasteiger partial charge in [-0.25, -0.2) is 0 Å². The molecule has 0 radical (unpaired) electrons. The highest BCUT2D eigenvalue weighted by molar-refractivity contribution is 6.30. The molecule has 0 atom stereocenters. The number of anilines is 1. The number of ether oxygens (including phenoxy) is 1. The minimum absolute atomic E-state index is 0.296. The third-order valence-corrected chi connectivity index (χ3v) is 3.05. The van der Waals surface area contributed by atoms with Crippen LogP contribution in [-0.4, -0.2) is 18.8 Å². The van der Waals surface area contributed by atoms with Crippen LogP contribution in [0.3, 0.4) is 0 Å². The van der Waals surface area contributed by atoms with Crippen molar-refractivity contribution in [3.05, 3.63) is 58.6 Å². The standard InChI is InChI=1S/C16H14ClNO3/c1-2-21-15-8-3-11(10-19)9-14(15)18-16(20)12-4-6-13(17)7-5-12/h3-10H,2H2,1H3,(H,18,20). The Hall–Kier alpha value is -2.33. The van der Waals surface area contributed by atoms with Crippen molar-refractivity contribution >= 4 is 29.5 Å². The molecular formula is C16H14ClNO3. The molecule has 0 bridgehead atoms. The third kappa shape index (κ3) is 3.83. The van der Waals surface area contributed by atoms with Gasteiger partial charge in [-0.05, 0) is 49.4 Å². The summed E-state index contributed by atoms with van der Waals surface area (Å²) in [5, 5.41) is 3.30. The molecule has 0 saturated carbocycles. The quantitative estimate of drug-likeness (QED) is 0.855. The summed E-state index contributed by atoms with van der Waals surface area (Å²) in [6.07, 6.45) is 0.716. The van der Waals surface area contributed by atoms with Crippen LogP contribution in [0.4, 0.5) is 5.69 Å². The van der Waals surface area contributed by atoms with Crippen molar-refractivity contribution in [3.63, 3.8) is 0 Å². The molecular weight excluding hydrogens is 290 g/mol. The SMILES string of the molecule is CCOc1ccc(C=O)cc1NC(=O)c1ccc(Cl)cc1. The Kier molecular flexibility index (Phi) is 4.95. The lowest BCUT2D eigenvalue weighted by molar-refractivity contribution is 0.102. The highest BCUT2D eigenvalue weighted by Crippen LogP contribution is 2.26. The summed E-state index contributed by atoms with van der Waals surface area (Å²) in [5.41, 5.74) is 1.39. The van der Waals surface area contributed by atoms with Crippen molar-refractivity contribution in [3.8, 4) is 5.75 Å². The van der Waals surface area contributed by atoms with E-state index in [0.717, 1.165) is 0 Å². The van der Waals surface area contributed by atoms with Gasteiger partial charge in [-0.15, -0.1) is 0 Å². The summed E-state index contributed by atoms with van der Waals surface area (Å²) >= 11 is 5.79. The fourth-order valence-electron chi connectivity index (χ4n) is 1.80. The van der Waals surface area contributed by atoms with Crippen molar-refractivity contribution < 1.29 is 14.3 Å². The lowest BCUT2D eigenvalue weighted by atomic mass is 10.1. The summed E-state index contributed by atoms with van der Waals surface area (Å²) in [6, 6.07) is 11.4. The van der Waals surface area contributed by atoms with Crippen LogP contribution in [0.5, 0.6) is 5.75 Å². The van der Waals surface area contributed by atoms with Crippen molar-refractivity contribution in [1.29, 1.82) is 0 Å². The van der Waals surface area contributed by atoms with E-state index in [1.54, 1.807) is 42.5 Å². The average Bonchev–Trinajstić information content (AvgIpc) is 2.49. The van der Waals surface area contributed by atoms with Crippen LogP contribution in [-0.2, 0) is 0 Å². The molecule has 1 N–H and O–H groups in total. The molecule has 0 aromatic heterocycles. The first-order valence-electron chi connectivity index (χ1n) is 6.43. The second-order valence-corrected chi connectivity index (χ2v) is 4.70. The number of benzene rings is 2. The number of hydrogen-bond donors (Lipinski definition) is 1. The van der Waals surface area contributed by atoms with Gasteiger partial charge in [0, 0.05) is 16.1 Å². The molecule has 0 saturated heterocycles. The number of hydrogen-bond acceptors (Lipinski definition) is 3. The molecule has 0 aliphatic rings. The Morgan fingerprint density at radius 3 is 2.57 bits per heavy atom. The predicted molar refractivity (Wildman–Crippen MR) is 82.4 cm³/mol. The fourth-order valence-corrected chi connectivity index (χ4v) is 1.92. The van der Waals surface area contributed by atoms with Crippen LogP contribution in [0.15, 0.2) is 42.5 Å². The zero-order chi connectivity index (χ0) is 15.2. The normalized spacial score (nSPS) is 10.0. The first-order chi connectivity index (χ1) is 10.1. The van der Waals surface area contributed by atoms with Gasteiger partial charge < -0.3 is 10.1 Å². The molecule has 2 aromatic rings. The Morgan fingerprint density at radius 1 is 1.24 bits per heavy atom. The predicted octanol–water partition coefficient (Wildman–Crippen LogP) is 3.80. The van der Waals surface area contributed by atoms with E-state index in [1.807, 2.05) is 6.92 Å². The van der Waals surface area contributed by atoms with Crippen molar-refractivity contribution in [2.24, 2.45) is 0 Å². The van der Waals surface area contributed by atoms with Gasteiger partial charge in [0.25, 0.3) is 5.91 Å². The summed E-state index contributed by atoms with van der Waals surface area (Å²) in [7, 11) is 0. The van der Waals surface area contributed by atoms with Crippen LogP contribution in [0, 0.1) is 0 Å². The lowest BCUT2D eigenvalue weighted by Gasteiger charge is -2.12. The highest BCUT2D eigenvalue weighted by atomic mass is 35.5. The van der Waals surface area contributed by atoms with Crippen LogP contribution < -0.4 is 10.1 Å².